The van der Waals surface area contributed by atoms with Gasteiger partial charge in [0.15, 0.2) is 11.0 Å². The summed E-state index contributed by atoms with van der Waals surface area (Å²) in [5.41, 5.74) is 1.57. The van der Waals surface area contributed by atoms with Crippen molar-refractivity contribution in [3.63, 3.8) is 0 Å². The summed E-state index contributed by atoms with van der Waals surface area (Å²) in [5, 5.41) is 13.5. The Kier molecular flexibility index (Phi) is 3.52. The summed E-state index contributed by atoms with van der Waals surface area (Å²) in [6.45, 7) is 0. The number of amides is 1. The Morgan fingerprint density at radius 1 is 1.00 bits per heavy atom. The highest BCUT2D eigenvalue weighted by Crippen LogP contribution is 2.17. The van der Waals surface area contributed by atoms with Crippen LogP contribution in [0.4, 0.5) is 17.2 Å². The topological polar surface area (TPSA) is 66.9 Å². The molecule has 2 rings (SSSR count). The minimum atomic E-state index is 0.348. The first kappa shape index (κ1) is 11.3. The molecule has 0 radical (unpaired) electrons. The summed E-state index contributed by atoms with van der Waals surface area (Å²) >= 11 is 5.63. The molecule has 0 atom stereocenters. The van der Waals surface area contributed by atoms with Gasteiger partial charge in [0, 0.05) is 11.4 Å². The van der Waals surface area contributed by atoms with Crippen molar-refractivity contribution >= 4 is 35.2 Å². The molecule has 2 aromatic rings. The van der Waals surface area contributed by atoms with Crippen molar-refractivity contribution in [1.82, 2.24) is 10.2 Å². The summed E-state index contributed by atoms with van der Waals surface area (Å²) in [5.74, 6) is 0.602. The van der Waals surface area contributed by atoms with E-state index in [-0.39, 0.29) is 0 Å². The van der Waals surface area contributed by atoms with Crippen LogP contribution in [-0.4, -0.2) is 16.6 Å². The van der Waals surface area contributed by atoms with E-state index in [0.717, 1.165) is 11.4 Å². The summed E-state index contributed by atoms with van der Waals surface area (Å²) in [7, 11) is 0. The van der Waals surface area contributed by atoms with Gasteiger partial charge in [-0.15, -0.1) is 10.2 Å². The summed E-state index contributed by atoms with van der Waals surface area (Å²) in [4.78, 5) is 10.2. The van der Waals surface area contributed by atoms with Crippen molar-refractivity contribution in [2.45, 2.75) is 0 Å². The molecule has 6 heteroatoms. The lowest BCUT2D eigenvalue weighted by molar-refractivity contribution is -0.105. The molecule has 0 aliphatic heterocycles. The van der Waals surface area contributed by atoms with Gasteiger partial charge in [0.1, 0.15) is 0 Å². The van der Waals surface area contributed by atoms with Gasteiger partial charge < -0.3 is 10.6 Å². The largest absolute Gasteiger partial charge is 0.339 e. The van der Waals surface area contributed by atoms with Crippen LogP contribution < -0.4 is 10.6 Å². The molecule has 0 spiro atoms. The number of anilines is 3. The van der Waals surface area contributed by atoms with Crippen LogP contribution in [0.3, 0.4) is 0 Å². The molecule has 1 aromatic carbocycles. The third-order valence-electron chi connectivity index (χ3n) is 2.01. The Morgan fingerprint density at radius 2 is 1.71 bits per heavy atom. The first-order chi connectivity index (χ1) is 8.28. The smallest absolute Gasteiger partial charge is 0.211 e. The number of nitrogens with zero attached hydrogens (tertiary/aromatic N) is 2. The third-order valence-corrected chi connectivity index (χ3v) is 2.22. The summed E-state index contributed by atoms with van der Waals surface area (Å²) in [6, 6.07) is 10.6. The molecule has 1 aromatic heterocycles. The van der Waals surface area contributed by atoms with Crippen LogP contribution in [0.25, 0.3) is 0 Å². The zero-order chi connectivity index (χ0) is 12.1. The zero-order valence-electron chi connectivity index (χ0n) is 8.72. The lowest BCUT2D eigenvalue weighted by Gasteiger charge is -2.05. The van der Waals surface area contributed by atoms with E-state index in [4.69, 9.17) is 11.6 Å². The quantitative estimate of drug-likeness (QED) is 0.816. The molecule has 0 aliphatic carbocycles. The first-order valence-corrected chi connectivity index (χ1v) is 5.22. The van der Waals surface area contributed by atoms with Crippen LogP contribution in [-0.2, 0) is 4.79 Å². The molecule has 5 nitrogen and oxygen atoms in total. The van der Waals surface area contributed by atoms with Crippen LogP contribution in [0.5, 0.6) is 0 Å². The average Bonchev–Trinajstić information content (AvgIpc) is 2.35. The van der Waals surface area contributed by atoms with E-state index < -0.39 is 0 Å². The maximum Gasteiger partial charge on any atom is 0.211 e. The van der Waals surface area contributed by atoms with Crippen LogP contribution in [0, 0.1) is 0 Å². The lowest BCUT2D eigenvalue weighted by atomic mass is 10.3. The molecule has 86 valence electrons. The first-order valence-electron chi connectivity index (χ1n) is 4.84. The van der Waals surface area contributed by atoms with Crippen molar-refractivity contribution in [2.75, 3.05) is 10.6 Å². The van der Waals surface area contributed by atoms with Crippen molar-refractivity contribution in [3.8, 4) is 0 Å². The molecular formula is C11H9ClN4O. The van der Waals surface area contributed by atoms with Gasteiger partial charge in [-0.1, -0.05) is 11.6 Å². The highest BCUT2D eigenvalue weighted by Gasteiger charge is 1.97. The molecule has 1 amide bonds. The molecular weight excluding hydrogens is 240 g/mol. The Labute approximate surface area is 103 Å². The highest BCUT2D eigenvalue weighted by molar-refractivity contribution is 6.29. The van der Waals surface area contributed by atoms with E-state index in [9.17, 15) is 4.79 Å². The Balaban J connectivity index is 2.08. The van der Waals surface area contributed by atoms with E-state index >= 15 is 0 Å². The molecule has 2 N–H and O–H groups in total. The molecule has 0 aliphatic rings. The molecule has 0 bridgehead atoms. The number of hydrogen-bond donors (Lipinski definition) is 2. The van der Waals surface area contributed by atoms with Gasteiger partial charge in [-0.05, 0) is 36.4 Å². The van der Waals surface area contributed by atoms with Crippen molar-refractivity contribution in [3.05, 3.63) is 41.6 Å². The van der Waals surface area contributed by atoms with E-state index in [2.05, 4.69) is 20.8 Å². The van der Waals surface area contributed by atoms with Crippen molar-refractivity contribution in [2.24, 2.45) is 0 Å². The minimum absolute atomic E-state index is 0.348. The van der Waals surface area contributed by atoms with Gasteiger partial charge in [0.2, 0.25) is 6.41 Å². The number of carbonyl (C=O) groups is 1. The summed E-state index contributed by atoms with van der Waals surface area (Å²) in [6.07, 6.45) is 0.632. The van der Waals surface area contributed by atoms with Crippen molar-refractivity contribution in [1.29, 1.82) is 0 Å². The van der Waals surface area contributed by atoms with Crippen molar-refractivity contribution < 1.29 is 4.79 Å². The molecule has 0 fully saturated rings. The lowest BCUT2D eigenvalue weighted by Crippen LogP contribution is -1.96. The number of benzene rings is 1. The monoisotopic (exact) mass is 248 g/mol. The fourth-order valence-electron chi connectivity index (χ4n) is 1.25. The Bertz CT molecular complexity index is 498. The number of aromatic nitrogens is 2. The second kappa shape index (κ2) is 5.27. The number of rotatable bonds is 4. The molecule has 0 saturated heterocycles. The van der Waals surface area contributed by atoms with Crippen LogP contribution in [0.2, 0.25) is 5.15 Å². The van der Waals surface area contributed by atoms with Crippen LogP contribution in [0.1, 0.15) is 0 Å². The number of halogens is 1. The maximum atomic E-state index is 10.2. The van der Waals surface area contributed by atoms with Crippen LogP contribution >= 0.6 is 11.6 Å². The van der Waals surface area contributed by atoms with Gasteiger partial charge in [-0.25, -0.2) is 0 Å². The van der Waals surface area contributed by atoms with Gasteiger partial charge in [0.25, 0.3) is 0 Å². The maximum absolute atomic E-state index is 10.2. The van der Waals surface area contributed by atoms with Gasteiger partial charge in [0.05, 0.1) is 0 Å². The van der Waals surface area contributed by atoms with E-state index in [0.29, 0.717) is 17.4 Å². The average molecular weight is 249 g/mol. The van der Waals surface area contributed by atoms with Crippen LogP contribution in [0.15, 0.2) is 36.4 Å². The fraction of sp³-hybridized carbons (Fsp3) is 0. The molecule has 0 saturated carbocycles. The van der Waals surface area contributed by atoms with E-state index in [1.165, 1.54) is 0 Å². The number of hydrogen-bond acceptors (Lipinski definition) is 4. The predicted molar refractivity (Wildman–Crippen MR) is 66.5 cm³/mol. The Hall–Kier alpha value is -2.14. The van der Waals surface area contributed by atoms with E-state index in [1.807, 2.05) is 12.1 Å². The SMILES string of the molecule is O=CNc1ccc(Nc2ccc(Cl)nn2)cc1. The molecule has 17 heavy (non-hydrogen) atoms. The number of carbonyl (C=O) groups excluding carboxylic acids is 1. The number of nitrogens with one attached hydrogen (secondary N) is 2. The normalized spacial score (nSPS) is 9.71. The summed E-state index contributed by atoms with van der Waals surface area (Å²) < 4.78 is 0. The predicted octanol–water partition coefficient (Wildman–Crippen LogP) is 2.44. The molecule has 1 heterocycles. The second-order valence-electron chi connectivity index (χ2n) is 3.21. The fourth-order valence-corrected chi connectivity index (χ4v) is 1.35. The Morgan fingerprint density at radius 3 is 2.29 bits per heavy atom. The molecule has 0 unspecified atom stereocenters. The van der Waals surface area contributed by atoms with Gasteiger partial charge >= 0.3 is 0 Å². The standard InChI is InChI=1S/C11H9ClN4O/c12-10-5-6-11(16-15-10)14-9-3-1-8(2-4-9)13-7-17/h1-7H,(H,13,17)(H,14,16). The van der Waals surface area contributed by atoms with Gasteiger partial charge in [-0.3, -0.25) is 4.79 Å². The minimum Gasteiger partial charge on any atom is -0.339 e. The van der Waals surface area contributed by atoms with Gasteiger partial charge in [-0.2, -0.15) is 0 Å². The third kappa shape index (κ3) is 3.15. The van der Waals surface area contributed by atoms with E-state index in [1.54, 1.807) is 24.3 Å². The second-order valence-corrected chi connectivity index (χ2v) is 3.59. The highest BCUT2D eigenvalue weighted by atomic mass is 35.5. The zero-order valence-corrected chi connectivity index (χ0v) is 9.48.